The highest BCUT2D eigenvalue weighted by Crippen LogP contribution is 2.17. The van der Waals surface area contributed by atoms with Gasteiger partial charge in [0, 0.05) is 16.8 Å². The molecule has 2 aromatic rings. The third kappa shape index (κ3) is 5.56. The minimum absolute atomic E-state index is 0.0817. The number of benzene rings is 2. The smallest absolute Gasteiger partial charge is 0.230 e. The van der Waals surface area contributed by atoms with Crippen molar-refractivity contribution in [2.75, 3.05) is 5.75 Å². The van der Waals surface area contributed by atoms with Crippen molar-refractivity contribution in [2.45, 2.75) is 19.2 Å². The van der Waals surface area contributed by atoms with Crippen LogP contribution in [0.2, 0.25) is 0 Å². The second-order valence-corrected chi connectivity index (χ2v) is 6.73. The lowest BCUT2D eigenvalue weighted by molar-refractivity contribution is -0.118. The van der Waals surface area contributed by atoms with Crippen LogP contribution in [0.3, 0.4) is 0 Å². The molecule has 2 rings (SSSR count). The Labute approximate surface area is 138 Å². The van der Waals surface area contributed by atoms with Crippen LogP contribution in [0.5, 0.6) is 0 Å². The Morgan fingerprint density at radius 2 is 2.00 bits per heavy atom. The topological polar surface area (TPSA) is 29.1 Å². The molecular formula is C17H18BrNOS. The van der Waals surface area contributed by atoms with Crippen molar-refractivity contribution in [2.24, 2.45) is 0 Å². The van der Waals surface area contributed by atoms with Crippen LogP contribution < -0.4 is 5.32 Å². The predicted molar refractivity (Wildman–Crippen MR) is 93.3 cm³/mol. The van der Waals surface area contributed by atoms with Crippen LogP contribution in [0.15, 0.2) is 53.0 Å². The molecule has 0 saturated carbocycles. The first kappa shape index (κ1) is 16.1. The van der Waals surface area contributed by atoms with Crippen molar-refractivity contribution < 1.29 is 4.79 Å². The molecule has 2 aromatic carbocycles. The van der Waals surface area contributed by atoms with E-state index in [0.717, 1.165) is 10.2 Å². The van der Waals surface area contributed by atoms with Crippen molar-refractivity contribution in [3.63, 3.8) is 0 Å². The Morgan fingerprint density at radius 1 is 1.19 bits per heavy atom. The van der Waals surface area contributed by atoms with Gasteiger partial charge in [0.2, 0.25) is 5.91 Å². The van der Waals surface area contributed by atoms with E-state index >= 15 is 0 Å². The van der Waals surface area contributed by atoms with Crippen LogP contribution in [0.1, 0.15) is 16.7 Å². The number of hydrogen-bond acceptors (Lipinski definition) is 2. The average molecular weight is 364 g/mol. The normalized spacial score (nSPS) is 10.4. The van der Waals surface area contributed by atoms with Gasteiger partial charge in [-0.25, -0.2) is 0 Å². The summed E-state index contributed by atoms with van der Waals surface area (Å²) in [6.45, 7) is 2.66. The number of halogens is 1. The zero-order valence-corrected chi connectivity index (χ0v) is 14.3. The molecule has 0 aliphatic carbocycles. The largest absolute Gasteiger partial charge is 0.351 e. The van der Waals surface area contributed by atoms with Crippen LogP contribution in [-0.4, -0.2) is 11.7 Å². The van der Waals surface area contributed by atoms with Crippen molar-refractivity contribution in [3.05, 3.63) is 69.7 Å². The fraction of sp³-hybridized carbons (Fsp3) is 0.235. The van der Waals surface area contributed by atoms with E-state index in [4.69, 9.17) is 0 Å². The van der Waals surface area contributed by atoms with Gasteiger partial charge in [0.1, 0.15) is 0 Å². The Kier molecular flexibility index (Phi) is 6.33. The van der Waals surface area contributed by atoms with Crippen molar-refractivity contribution in [1.82, 2.24) is 5.32 Å². The van der Waals surface area contributed by atoms with Crippen LogP contribution in [0, 0.1) is 6.92 Å². The molecule has 0 unspecified atom stereocenters. The van der Waals surface area contributed by atoms with Crippen LogP contribution in [0.4, 0.5) is 0 Å². The summed E-state index contributed by atoms with van der Waals surface area (Å²) in [4.78, 5) is 11.8. The van der Waals surface area contributed by atoms with E-state index in [1.807, 2.05) is 30.3 Å². The lowest BCUT2D eigenvalue weighted by atomic mass is 10.1. The highest BCUT2D eigenvalue weighted by atomic mass is 79.9. The maximum absolute atomic E-state index is 11.8. The Bertz CT molecular complexity index is 615. The number of nitrogens with one attached hydrogen (secondary N) is 1. The number of rotatable bonds is 6. The molecular weight excluding hydrogens is 346 g/mol. The summed E-state index contributed by atoms with van der Waals surface area (Å²) >= 11 is 5.08. The molecule has 1 N–H and O–H groups in total. The minimum atomic E-state index is 0.0817. The molecule has 0 aliphatic rings. The van der Waals surface area contributed by atoms with Gasteiger partial charge < -0.3 is 5.32 Å². The first-order valence-corrected chi connectivity index (χ1v) is 8.73. The molecule has 0 radical (unpaired) electrons. The van der Waals surface area contributed by atoms with E-state index in [2.05, 4.69) is 46.4 Å². The molecule has 0 heterocycles. The van der Waals surface area contributed by atoms with E-state index in [0.29, 0.717) is 12.3 Å². The Hall–Kier alpha value is -1.26. The molecule has 0 saturated heterocycles. The van der Waals surface area contributed by atoms with E-state index < -0.39 is 0 Å². The number of carbonyl (C=O) groups excluding carboxylic acids is 1. The quantitative estimate of drug-likeness (QED) is 0.828. The fourth-order valence-corrected chi connectivity index (χ4v) is 3.19. The summed E-state index contributed by atoms with van der Waals surface area (Å²) in [5.41, 5.74) is 3.60. The minimum Gasteiger partial charge on any atom is -0.351 e. The first-order valence-electron chi connectivity index (χ1n) is 6.78. The summed E-state index contributed by atoms with van der Waals surface area (Å²) in [7, 11) is 0. The van der Waals surface area contributed by atoms with E-state index in [1.54, 1.807) is 11.8 Å². The molecule has 1 amide bonds. The lowest BCUT2D eigenvalue weighted by Gasteiger charge is -2.08. The molecule has 0 bridgehead atoms. The molecule has 0 aromatic heterocycles. The average Bonchev–Trinajstić information content (AvgIpc) is 2.46. The highest BCUT2D eigenvalue weighted by Gasteiger charge is 2.03. The van der Waals surface area contributed by atoms with Gasteiger partial charge in [-0.3, -0.25) is 4.79 Å². The summed E-state index contributed by atoms with van der Waals surface area (Å²) in [5, 5.41) is 2.97. The SMILES string of the molecule is Cc1ccccc1CNC(=O)CSCc1cccc(Br)c1. The van der Waals surface area contributed by atoms with Crippen molar-refractivity contribution >= 4 is 33.6 Å². The summed E-state index contributed by atoms with van der Waals surface area (Å²) in [5.74, 6) is 1.41. The third-order valence-electron chi connectivity index (χ3n) is 3.13. The number of thioether (sulfide) groups is 1. The first-order chi connectivity index (χ1) is 10.1. The molecule has 21 heavy (non-hydrogen) atoms. The molecule has 0 spiro atoms. The van der Waals surface area contributed by atoms with Gasteiger partial charge in [-0.05, 0) is 35.7 Å². The monoisotopic (exact) mass is 363 g/mol. The van der Waals surface area contributed by atoms with Gasteiger partial charge in [0.15, 0.2) is 0 Å². The summed E-state index contributed by atoms with van der Waals surface area (Å²) < 4.78 is 1.07. The van der Waals surface area contributed by atoms with Crippen molar-refractivity contribution in [1.29, 1.82) is 0 Å². The van der Waals surface area contributed by atoms with Crippen molar-refractivity contribution in [3.8, 4) is 0 Å². The number of hydrogen-bond donors (Lipinski definition) is 1. The Morgan fingerprint density at radius 3 is 2.76 bits per heavy atom. The zero-order valence-electron chi connectivity index (χ0n) is 11.9. The molecule has 110 valence electrons. The van der Waals surface area contributed by atoms with Gasteiger partial charge >= 0.3 is 0 Å². The van der Waals surface area contributed by atoms with Gasteiger partial charge in [-0.2, -0.15) is 0 Å². The van der Waals surface area contributed by atoms with E-state index in [9.17, 15) is 4.79 Å². The van der Waals surface area contributed by atoms with Crippen LogP contribution >= 0.6 is 27.7 Å². The molecule has 0 aliphatic heterocycles. The van der Waals surface area contributed by atoms with Gasteiger partial charge in [0.05, 0.1) is 5.75 Å². The standard InChI is InChI=1S/C17H18BrNOS/c1-13-5-2-3-7-15(13)10-19-17(20)12-21-11-14-6-4-8-16(18)9-14/h2-9H,10-12H2,1H3,(H,19,20). The van der Waals surface area contributed by atoms with E-state index in [1.165, 1.54) is 16.7 Å². The summed E-state index contributed by atoms with van der Waals surface area (Å²) in [6, 6.07) is 16.3. The molecule has 0 fully saturated rings. The fourth-order valence-electron chi connectivity index (χ4n) is 1.94. The number of aryl methyl sites for hydroxylation is 1. The van der Waals surface area contributed by atoms with E-state index in [-0.39, 0.29) is 5.91 Å². The van der Waals surface area contributed by atoms with Crippen LogP contribution in [-0.2, 0) is 17.1 Å². The lowest BCUT2D eigenvalue weighted by Crippen LogP contribution is -2.24. The highest BCUT2D eigenvalue weighted by molar-refractivity contribution is 9.10. The van der Waals surface area contributed by atoms with Gasteiger partial charge in [-0.1, -0.05) is 52.3 Å². The molecule has 2 nitrogen and oxygen atoms in total. The Balaban J connectivity index is 1.72. The zero-order chi connectivity index (χ0) is 15.1. The second kappa shape index (κ2) is 8.25. The number of amides is 1. The maximum Gasteiger partial charge on any atom is 0.230 e. The van der Waals surface area contributed by atoms with Gasteiger partial charge in [0.25, 0.3) is 0 Å². The second-order valence-electron chi connectivity index (χ2n) is 4.83. The maximum atomic E-state index is 11.8. The van der Waals surface area contributed by atoms with Gasteiger partial charge in [-0.15, -0.1) is 11.8 Å². The third-order valence-corrected chi connectivity index (χ3v) is 4.63. The number of carbonyl (C=O) groups is 1. The molecule has 0 atom stereocenters. The molecule has 4 heteroatoms. The summed E-state index contributed by atoms with van der Waals surface area (Å²) in [6.07, 6.45) is 0. The van der Waals surface area contributed by atoms with Crippen LogP contribution in [0.25, 0.3) is 0 Å². The predicted octanol–water partition coefficient (Wildman–Crippen LogP) is 4.31.